The molecule has 0 amide bonds. The van der Waals surface area contributed by atoms with E-state index in [1.165, 1.54) is 45.4 Å². The van der Waals surface area contributed by atoms with Crippen molar-refractivity contribution >= 4 is 7.82 Å². The van der Waals surface area contributed by atoms with Gasteiger partial charge in [-0.1, -0.05) is 70.6 Å². The number of nitrogens with zero attached hydrogens (tertiary/aromatic N) is 1. The summed E-state index contributed by atoms with van der Waals surface area (Å²) in [6.07, 6.45) is 6.65. The minimum Gasteiger partial charge on any atom is -0.387 e. The Morgan fingerprint density at radius 1 is 1.03 bits per heavy atom. The van der Waals surface area contributed by atoms with Crippen molar-refractivity contribution in [1.29, 1.82) is 0 Å². The first-order chi connectivity index (χ1) is 17.2. The third kappa shape index (κ3) is 9.60. The van der Waals surface area contributed by atoms with E-state index in [0.29, 0.717) is 6.42 Å². The lowest BCUT2D eigenvalue weighted by atomic mass is 10.1. The number of aliphatic hydroxyl groups excluding tert-OH is 2. The Kier molecular flexibility index (Phi) is 13.1. The minimum absolute atomic E-state index is 0.0256. The molecule has 5 atom stereocenters. The summed E-state index contributed by atoms with van der Waals surface area (Å²) in [6.45, 7) is 3.21. The number of aliphatic hydroxyl groups is 2. The van der Waals surface area contributed by atoms with Crippen molar-refractivity contribution in [2.24, 2.45) is 0 Å². The summed E-state index contributed by atoms with van der Waals surface area (Å²) >= 11 is 0. The average Bonchev–Trinajstić information content (AvgIpc) is 3.11. The Morgan fingerprint density at radius 2 is 1.64 bits per heavy atom. The number of rotatable bonds is 16. The molecule has 204 valence electrons. The molecule has 0 aromatic carbocycles. The highest BCUT2D eigenvalue weighted by Gasteiger charge is 2.45. The Labute approximate surface area is 211 Å². The van der Waals surface area contributed by atoms with Crippen molar-refractivity contribution in [1.82, 2.24) is 9.55 Å². The predicted molar refractivity (Wildman–Crippen MR) is 133 cm³/mol. The molecule has 1 saturated heterocycles. The summed E-state index contributed by atoms with van der Waals surface area (Å²) in [7, 11) is -4.40. The lowest BCUT2D eigenvalue weighted by Crippen LogP contribution is -2.38. The number of phosphoric acid groups is 1. The van der Waals surface area contributed by atoms with Gasteiger partial charge in [0.05, 0.1) is 13.2 Å². The minimum atomic E-state index is -4.40. The fourth-order valence-corrected chi connectivity index (χ4v) is 4.74. The van der Waals surface area contributed by atoms with Crippen LogP contribution in [0.15, 0.2) is 15.8 Å². The predicted octanol–water partition coefficient (Wildman–Crippen LogP) is 2.58. The maximum atomic E-state index is 12.2. The molecular formula is C24H39N2O9P. The van der Waals surface area contributed by atoms with E-state index in [1.54, 1.807) is 0 Å². The van der Waals surface area contributed by atoms with Crippen molar-refractivity contribution in [3.8, 4) is 11.8 Å². The molecule has 12 heteroatoms. The zero-order valence-corrected chi connectivity index (χ0v) is 22.0. The van der Waals surface area contributed by atoms with E-state index in [1.807, 2.05) is 0 Å². The van der Waals surface area contributed by atoms with Crippen LogP contribution in [0.25, 0.3) is 0 Å². The van der Waals surface area contributed by atoms with E-state index in [9.17, 15) is 29.3 Å². The van der Waals surface area contributed by atoms with Crippen LogP contribution in [0.4, 0.5) is 0 Å². The van der Waals surface area contributed by atoms with E-state index in [-0.39, 0.29) is 12.2 Å². The fraction of sp³-hybridized carbons (Fsp3) is 0.750. The molecule has 1 unspecified atom stereocenters. The molecule has 11 nitrogen and oxygen atoms in total. The van der Waals surface area contributed by atoms with Crippen LogP contribution in [0.2, 0.25) is 0 Å². The van der Waals surface area contributed by atoms with Gasteiger partial charge in [0.15, 0.2) is 6.23 Å². The van der Waals surface area contributed by atoms with E-state index in [4.69, 9.17) is 13.8 Å². The van der Waals surface area contributed by atoms with Crippen molar-refractivity contribution in [3.63, 3.8) is 0 Å². The molecule has 36 heavy (non-hydrogen) atoms. The number of phosphoric ester groups is 1. The van der Waals surface area contributed by atoms with Crippen LogP contribution in [-0.4, -0.2) is 56.2 Å². The van der Waals surface area contributed by atoms with E-state index in [2.05, 4.69) is 23.7 Å². The van der Waals surface area contributed by atoms with Crippen LogP contribution in [0.1, 0.15) is 89.8 Å². The molecule has 2 rings (SSSR count). The van der Waals surface area contributed by atoms with Gasteiger partial charge in [-0.3, -0.25) is 23.4 Å². The first kappa shape index (κ1) is 30.5. The Hall–Kier alpha value is -1.77. The van der Waals surface area contributed by atoms with E-state index >= 15 is 0 Å². The number of unbranched alkanes of at least 4 members (excludes halogenated alkanes) is 9. The van der Waals surface area contributed by atoms with Gasteiger partial charge in [0.25, 0.3) is 5.56 Å². The highest BCUT2D eigenvalue weighted by Crippen LogP contribution is 2.44. The molecule has 0 radical (unpaired) electrons. The van der Waals surface area contributed by atoms with Crippen LogP contribution in [-0.2, 0) is 18.3 Å². The molecular weight excluding hydrogens is 491 g/mol. The van der Waals surface area contributed by atoms with Crippen molar-refractivity contribution in [3.05, 3.63) is 32.6 Å². The van der Waals surface area contributed by atoms with Gasteiger partial charge in [-0.05, 0) is 13.3 Å². The van der Waals surface area contributed by atoms with Crippen LogP contribution in [0.5, 0.6) is 0 Å². The third-order valence-corrected chi connectivity index (χ3v) is 6.98. The molecule has 2 heterocycles. The Morgan fingerprint density at radius 3 is 2.25 bits per heavy atom. The Balaban J connectivity index is 1.75. The second-order valence-corrected chi connectivity index (χ2v) is 10.4. The molecule has 4 N–H and O–H groups in total. The molecule has 0 bridgehead atoms. The standard InChI is InChI=1S/C24H39N2O9P/c1-3-5-6-7-8-9-10-11-12-13-15-33-36(31,32)34-17-19-20(27)21(28)23(35-19)26-16-18(14-4-2)22(29)25-24(26)30/h16,19-21,23,27-28H,3,5-13,15,17H2,1-2H3,(H,31,32)(H,25,29,30)/t19-,20-,21+,23-/m1/s1. The molecule has 1 aliphatic heterocycles. The van der Waals surface area contributed by atoms with Gasteiger partial charge in [0, 0.05) is 6.20 Å². The topological polar surface area (TPSA) is 160 Å². The van der Waals surface area contributed by atoms with Crippen molar-refractivity contribution in [2.45, 2.75) is 103 Å². The molecule has 0 spiro atoms. The number of aromatic amines is 1. The quantitative estimate of drug-likeness (QED) is 0.143. The molecule has 1 aromatic heterocycles. The number of aromatic nitrogens is 2. The van der Waals surface area contributed by atoms with Gasteiger partial charge < -0.3 is 19.8 Å². The smallest absolute Gasteiger partial charge is 0.387 e. The summed E-state index contributed by atoms with van der Waals surface area (Å²) in [6, 6.07) is 0. The lowest BCUT2D eigenvalue weighted by Gasteiger charge is -2.18. The maximum Gasteiger partial charge on any atom is 0.472 e. The van der Waals surface area contributed by atoms with Crippen LogP contribution < -0.4 is 11.2 Å². The van der Waals surface area contributed by atoms with Gasteiger partial charge in [-0.15, -0.1) is 5.92 Å². The maximum absolute atomic E-state index is 12.2. The van der Waals surface area contributed by atoms with Crippen molar-refractivity contribution in [2.75, 3.05) is 13.2 Å². The second-order valence-electron chi connectivity index (χ2n) is 8.91. The summed E-state index contributed by atoms with van der Waals surface area (Å²) in [4.78, 5) is 36.0. The highest BCUT2D eigenvalue weighted by atomic mass is 31.2. The van der Waals surface area contributed by atoms with Crippen molar-refractivity contribution < 1.29 is 33.5 Å². The summed E-state index contributed by atoms with van der Waals surface area (Å²) < 4.78 is 28.5. The van der Waals surface area contributed by atoms with Crippen LogP contribution in [0, 0.1) is 11.8 Å². The number of nitrogens with one attached hydrogen (secondary N) is 1. The highest BCUT2D eigenvalue weighted by molar-refractivity contribution is 7.47. The lowest BCUT2D eigenvalue weighted by molar-refractivity contribution is -0.0552. The van der Waals surface area contributed by atoms with Gasteiger partial charge in [0.1, 0.15) is 23.9 Å². The van der Waals surface area contributed by atoms with Gasteiger partial charge in [-0.25, -0.2) is 9.36 Å². The summed E-state index contributed by atoms with van der Waals surface area (Å²) in [5.74, 6) is 5.07. The average molecular weight is 531 g/mol. The largest absolute Gasteiger partial charge is 0.472 e. The zero-order valence-electron chi connectivity index (χ0n) is 21.1. The van der Waals surface area contributed by atoms with Gasteiger partial charge in [-0.2, -0.15) is 0 Å². The number of H-pyrrole nitrogens is 1. The molecule has 0 aliphatic carbocycles. The normalized spacial score (nSPS) is 23.2. The SMILES string of the molecule is CC#Cc1cn([C@@H]2O[C@H](COP(=O)(O)OCCCCCCCCCCCC)[C@@H](O)[C@@H]2O)c(=O)[nH]c1=O. The monoisotopic (exact) mass is 530 g/mol. The van der Waals surface area contributed by atoms with E-state index in [0.717, 1.165) is 30.0 Å². The van der Waals surface area contributed by atoms with Crippen LogP contribution in [0.3, 0.4) is 0 Å². The molecule has 1 aromatic rings. The second kappa shape index (κ2) is 15.5. The zero-order chi connectivity index (χ0) is 26.6. The fourth-order valence-electron chi connectivity index (χ4n) is 3.97. The van der Waals surface area contributed by atoms with Gasteiger partial charge in [0.2, 0.25) is 0 Å². The first-order valence-corrected chi connectivity index (χ1v) is 14.1. The third-order valence-electron chi connectivity index (χ3n) is 5.99. The first-order valence-electron chi connectivity index (χ1n) is 12.6. The van der Waals surface area contributed by atoms with Gasteiger partial charge >= 0.3 is 13.5 Å². The number of hydrogen-bond acceptors (Lipinski definition) is 8. The van der Waals surface area contributed by atoms with E-state index < -0.39 is 50.2 Å². The Bertz CT molecular complexity index is 1030. The number of ether oxygens (including phenoxy) is 1. The number of hydrogen-bond donors (Lipinski definition) is 4. The summed E-state index contributed by atoms with van der Waals surface area (Å²) in [5, 5.41) is 20.7. The van der Waals surface area contributed by atoms with Crippen LogP contribution >= 0.6 is 7.82 Å². The summed E-state index contributed by atoms with van der Waals surface area (Å²) in [5.41, 5.74) is -1.59. The molecule has 1 aliphatic rings. The molecule has 0 saturated carbocycles. The molecule has 1 fully saturated rings.